The van der Waals surface area contributed by atoms with E-state index in [9.17, 15) is 4.57 Å². The van der Waals surface area contributed by atoms with Gasteiger partial charge >= 0.3 is 0 Å². The molecule has 0 spiro atoms. The van der Waals surface area contributed by atoms with Crippen LogP contribution >= 0.6 is 7.37 Å². The Morgan fingerprint density at radius 1 is 1.58 bits per heavy atom. The van der Waals surface area contributed by atoms with E-state index in [1.54, 1.807) is 13.7 Å². The van der Waals surface area contributed by atoms with Crippen molar-refractivity contribution in [3.63, 3.8) is 0 Å². The summed E-state index contributed by atoms with van der Waals surface area (Å²) in [6.45, 7) is 5.96. The molecule has 0 rings (SSSR count). The van der Waals surface area contributed by atoms with Crippen LogP contribution in [0.15, 0.2) is 11.5 Å². The fourth-order valence-electron chi connectivity index (χ4n) is 0.980. The molecule has 0 amide bonds. The van der Waals surface area contributed by atoms with Crippen molar-refractivity contribution < 1.29 is 9.09 Å². The molecule has 3 nitrogen and oxygen atoms in total. The molecular weight excluding hydrogens is 173 g/mol. The van der Waals surface area contributed by atoms with Crippen molar-refractivity contribution in [2.45, 2.75) is 20.3 Å². The van der Waals surface area contributed by atoms with Crippen LogP contribution in [0.25, 0.3) is 0 Å². The second-order valence-electron chi connectivity index (χ2n) is 2.51. The molecule has 0 saturated heterocycles. The Hall–Kier alpha value is -0.270. The topological polar surface area (TPSA) is 38.3 Å². The van der Waals surface area contributed by atoms with E-state index < -0.39 is 7.37 Å². The molecule has 0 aromatic rings. The average Bonchev–Trinajstić information content (AvgIpc) is 1.99. The van der Waals surface area contributed by atoms with Crippen LogP contribution in [0, 0.1) is 0 Å². The lowest BCUT2D eigenvalue weighted by atomic mass is 10.5. The Bertz CT molecular complexity index is 201. The highest BCUT2D eigenvalue weighted by Crippen LogP contribution is 2.49. The SMILES string of the molecule is CC/C=C(\NC)P(C)(=O)OCC. The van der Waals surface area contributed by atoms with Gasteiger partial charge in [-0.25, -0.2) is 0 Å². The number of nitrogens with one attached hydrogen (secondary N) is 1. The van der Waals surface area contributed by atoms with Crippen LogP contribution in [-0.2, 0) is 9.09 Å². The summed E-state index contributed by atoms with van der Waals surface area (Å²) in [6, 6.07) is 0. The fraction of sp³-hybridized carbons (Fsp3) is 0.750. The van der Waals surface area contributed by atoms with Gasteiger partial charge in [-0.05, 0) is 13.3 Å². The Labute approximate surface area is 74.6 Å². The number of rotatable bonds is 5. The molecule has 4 heteroatoms. The van der Waals surface area contributed by atoms with Gasteiger partial charge in [-0.2, -0.15) is 0 Å². The Balaban J connectivity index is 4.48. The minimum absolute atomic E-state index is 0.483. The summed E-state index contributed by atoms with van der Waals surface area (Å²) in [5.74, 6) is 0. The van der Waals surface area contributed by atoms with Crippen molar-refractivity contribution in [2.24, 2.45) is 0 Å². The van der Waals surface area contributed by atoms with E-state index in [4.69, 9.17) is 4.52 Å². The maximum atomic E-state index is 11.8. The molecule has 0 aromatic carbocycles. The number of hydrogen-bond donors (Lipinski definition) is 1. The van der Waals surface area contributed by atoms with Gasteiger partial charge in [0, 0.05) is 13.7 Å². The normalized spacial score (nSPS) is 17.2. The minimum Gasteiger partial charge on any atom is -0.384 e. The highest BCUT2D eigenvalue weighted by Gasteiger charge is 2.19. The first-order valence-electron chi connectivity index (χ1n) is 4.19. The maximum Gasteiger partial charge on any atom is 0.244 e. The molecule has 0 aliphatic heterocycles. The van der Waals surface area contributed by atoms with Crippen molar-refractivity contribution in [3.8, 4) is 0 Å². The zero-order valence-corrected chi connectivity index (χ0v) is 9.15. The molecule has 0 bridgehead atoms. The quantitative estimate of drug-likeness (QED) is 0.678. The third-order valence-corrected chi connectivity index (χ3v) is 3.50. The summed E-state index contributed by atoms with van der Waals surface area (Å²) in [5.41, 5.74) is 0.715. The third kappa shape index (κ3) is 3.42. The fourth-order valence-corrected chi connectivity index (χ4v) is 2.53. The van der Waals surface area contributed by atoms with E-state index in [1.165, 1.54) is 0 Å². The standard InChI is InChI=1S/C8H18NO2P/c1-5-7-8(9-3)12(4,10)11-6-2/h7,9H,5-6H2,1-4H3/b8-7+. The first-order valence-corrected chi connectivity index (χ1v) is 6.26. The lowest BCUT2D eigenvalue weighted by molar-refractivity contribution is 0.340. The summed E-state index contributed by atoms with van der Waals surface area (Å²) in [7, 11) is -0.809. The Morgan fingerprint density at radius 2 is 2.17 bits per heavy atom. The van der Waals surface area contributed by atoms with Crippen molar-refractivity contribution in [2.75, 3.05) is 20.3 Å². The molecule has 1 N–H and O–H groups in total. The van der Waals surface area contributed by atoms with Gasteiger partial charge in [0.25, 0.3) is 0 Å². The molecule has 0 radical (unpaired) electrons. The predicted octanol–water partition coefficient (Wildman–Crippen LogP) is 2.40. The first kappa shape index (κ1) is 11.7. The van der Waals surface area contributed by atoms with E-state index in [0.29, 0.717) is 12.0 Å². The van der Waals surface area contributed by atoms with Gasteiger partial charge in [0.1, 0.15) is 0 Å². The molecular formula is C8H18NO2P. The van der Waals surface area contributed by atoms with Crippen LogP contribution < -0.4 is 5.32 Å². The van der Waals surface area contributed by atoms with Crippen LogP contribution in [0.1, 0.15) is 20.3 Å². The van der Waals surface area contributed by atoms with Gasteiger partial charge in [0.2, 0.25) is 7.37 Å². The van der Waals surface area contributed by atoms with Gasteiger partial charge in [-0.1, -0.05) is 13.0 Å². The number of hydrogen-bond acceptors (Lipinski definition) is 3. The van der Waals surface area contributed by atoms with E-state index in [2.05, 4.69) is 5.32 Å². The van der Waals surface area contributed by atoms with Crippen molar-refractivity contribution in [1.29, 1.82) is 0 Å². The van der Waals surface area contributed by atoms with Crippen LogP contribution in [0.2, 0.25) is 0 Å². The van der Waals surface area contributed by atoms with Gasteiger partial charge in [0.05, 0.1) is 12.0 Å². The molecule has 12 heavy (non-hydrogen) atoms. The van der Waals surface area contributed by atoms with Crippen molar-refractivity contribution >= 4 is 7.37 Å². The molecule has 0 aliphatic rings. The van der Waals surface area contributed by atoms with E-state index in [1.807, 2.05) is 19.9 Å². The van der Waals surface area contributed by atoms with Crippen LogP contribution in [0.4, 0.5) is 0 Å². The Kier molecular flexibility index (Phi) is 5.27. The summed E-state index contributed by atoms with van der Waals surface area (Å²) in [6.07, 6.45) is 2.76. The van der Waals surface area contributed by atoms with E-state index in [0.717, 1.165) is 6.42 Å². The van der Waals surface area contributed by atoms with Gasteiger partial charge in [0.15, 0.2) is 0 Å². The van der Waals surface area contributed by atoms with Crippen LogP contribution in [-0.4, -0.2) is 20.3 Å². The zero-order chi connectivity index (χ0) is 9.61. The largest absolute Gasteiger partial charge is 0.384 e. The lowest BCUT2D eigenvalue weighted by Crippen LogP contribution is -2.07. The van der Waals surface area contributed by atoms with Crippen molar-refractivity contribution in [1.82, 2.24) is 5.32 Å². The van der Waals surface area contributed by atoms with Gasteiger partial charge < -0.3 is 9.84 Å². The monoisotopic (exact) mass is 191 g/mol. The van der Waals surface area contributed by atoms with Crippen molar-refractivity contribution in [3.05, 3.63) is 11.5 Å². The maximum absolute atomic E-state index is 11.8. The number of allylic oxidation sites excluding steroid dienone is 1. The Morgan fingerprint density at radius 3 is 2.50 bits per heavy atom. The summed E-state index contributed by atoms with van der Waals surface area (Å²) in [4.78, 5) is 0. The summed E-state index contributed by atoms with van der Waals surface area (Å²) in [5, 5.41) is 2.90. The zero-order valence-electron chi connectivity index (χ0n) is 8.26. The summed E-state index contributed by atoms with van der Waals surface area (Å²) < 4.78 is 16.9. The van der Waals surface area contributed by atoms with Gasteiger partial charge in [-0.3, -0.25) is 4.57 Å². The molecule has 0 aliphatic carbocycles. The van der Waals surface area contributed by atoms with E-state index >= 15 is 0 Å². The van der Waals surface area contributed by atoms with Gasteiger partial charge in [-0.15, -0.1) is 0 Å². The summed E-state index contributed by atoms with van der Waals surface area (Å²) >= 11 is 0. The smallest absolute Gasteiger partial charge is 0.244 e. The third-order valence-electron chi connectivity index (χ3n) is 1.47. The lowest BCUT2D eigenvalue weighted by Gasteiger charge is -2.15. The molecule has 72 valence electrons. The molecule has 0 aromatic heterocycles. The predicted molar refractivity (Wildman–Crippen MR) is 52.6 cm³/mol. The van der Waals surface area contributed by atoms with E-state index in [-0.39, 0.29) is 0 Å². The molecule has 0 heterocycles. The molecule has 0 fully saturated rings. The molecule has 1 unspecified atom stereocenters. The highest BCUT2D eigenvalue weighted by molar-refractivity contribution is 7.62. The molecule has 1 atom stereocenters. The van der Waals surface area contributed by atoms with Crippen LogP contribution in [0.5, 0.6) is 0 Å². The second kappa shape index (κ2) is 5.39. The first-order chi connectivity index (χ1) is 5.58. The molecule has 0 saturated carbocycles. The van der Waals surface area contributed by atoms with Crippen LogP contribution in [0.3, 0.4) is 0 Å². The second-order valence-corrected chi connectivity index (χ2v) is 4.94. The highest BCUT2D eigenvalue weighted by atomic mass is 31.2. The average molecular weight is 191 g/mol. The minimum atomic E-state index is -2.57.